The van der Waals surface area contributed by atoms with Crippen LogP contribution in [0.4, 0.5) is 0 Å². The molecule has 0 aromatic carbocycles. The predicted molar refractivity (Wildman–Crippen MR) is 74.4 cm³/mol. The summed E-state index contributed by atoms with van der Waals surface area (Å²) in [6, 6.07) is 0. The van der Waals surface area contributed by atoms with Crippen LogP contribution in [-0.2, 0) is 18.3 Å². The maximum atomic E-state index is 8.53. The SMILES string of the molecule is C[Si](C)(OCCCOCCO)OCCCOCCO. The summed E-state index contributed by atoms with van der Waals surface area (Å²) in [4.78, 5) is 0. The van der Waals surface area contributed by atoms with Crippen LogP contribution in [0, 0.1) is 0 Å². The molecule has 0 aliphatic rings. The summed E-state index contributed by atoms with van der Waals surface area (Å²) in [6.07, 6.45) is 1.61. The average Bonchev–Trinajstić information content (AvgIpc) is 2.38. The van der Waals surface area contributed by atoms with Crippen LogP contribution >= 0.6 is 0 Å². The van der Waals surface area contributed by atoms with Crippen molar-refractivity contribution < 1.29 is 28.5 Å². The highest BCUT2D eigenvalue weighted by Crippen LogP contribution is 2.07. The van der Waals surface area contributed by atoms with Crippen molar-refractivity contribution in [2.24, 2.45) is 0 Å². The van der Waals surface area contributed by atoms with E-state index in [-0.39, 0.29) is 13.2 Å². The van der Waals surface area contributed by atoms with Gasteiger partial charge < -0.3 is 28.5 Å². The fraction of sp³-hybridized carbons (Fsp3) is 1.00. The van der Waals surface area contributed by atoms with Crippen LogP contribution in [0.3, 0.4) is 0 Å². The molecule has 0 atom stereocenters. The molecule has 0 bridgehead atoms. The summed E-state index contributed by atoms with van der Waals surface area (Å²) in [5.41, 5.74) is 0. The second-order valence-electron chi connectivity index (χ2n) is 4.48. The first kappa shape index (κ1) is 19.0. The highest BCUT2D eigenvalue weighted by molar-refractivity contribution is 6.64. The van der Waals surface area contributed by atoms with Crippen molar-refractivity contribution >= 4 is 8.56 Å². The van der Waals surface area contributed by atoms with Crippen molar-refractivity contribution in [3.05, 3.63) is 0 Å². The number of hydrogen-bond donors (Lipinski definition) is 2. The van der Waals surface area contributed by atoms with Gasteiger partial charge in [-0.1, -0.05) is 0 Å². The molecule has 0 aliphatic heterocycles. The lowest BCUT2D eigenvalue weighted by molar-refractivity contribution is 0.0715. The average molecular weight is 296 g/mol. The van der Waals surface area contributed by atoms with Crippen molar-refractivity contribution in [3.8, 4) is 0 Å². The van der Waals surface area contributed by atoms with E-state index >= 15 is 0 Å². The van der Waals surface area contributed by atoms with Gasteiger partial charge in [0.05, 0.1) is 26.4 Å². The van der Waals surface area contributed by atoms with Gasteiger partial charge in [0, 0.05) is 26.4 Å². The van der Waals surface area contributed by atoms with Crippen LogP contribution in [0.1, 0.15) is 12.8 Å². The first-order valence-electron chi connectivity index (χ1n) is 6.77. The third-order valence-electron chi connectivity index (χ3n) is 2.24. The van der Waals surface area contributed by atoms with Crippen molar-refractivity contribution in [1.29, 1.82) is 0 Å². The molecule has 116 valence electrons. The third-order valence-corrected chi connectivity index (χ3v) is 4.04. The maximum Gasteiger partial charge on any atom is 0.331 e. The molecule has 0 aromatic heterocycles. The molecule has 2 N–H and O–H groups in total. The van der Waals surface area contributed by atoms with Crippen molar-refractivity contribution in [1.82, 2.24) is 0 Å². The summed E-state index contributed by atoms with van der Waals surface area (Å²) >= 11 is 0. The number of aliphatic hydroxyl groups is 2. The molecule has 0 heterocycles. The Morgan fingerprint density at radius 2 is 1.11 bits per heavy atom. The number of hydrogen-bond acceptors (Lipinski definition) is 6. The zero-order chi connectivity index (χ0) is 14.4. The van der Waals surface area contributed by atoms with Crippen LogP contribution in [0.2, 0.25) is 13.1 Å². The summed E-state index contributed by atoms with van der Waals surface area (Å²) in [5, 5.41) is 17.1. The van der Waals surface area contributed by atoms with E-state index in [4.69, 9.17) is 28.5 Å². The van der Waals surface area contributed by atoms with Gasteiger partial charge in [-0.25, -0.2) is 0 Å². The second-order valence-corrected chi connectivity index (χ2v) is 7.85. The molecule has 0 unspecified atom stereocenters. The molecule has 0 radical (unpaired) electrons. The number of ether oxygens (including phenoxy) is 2. The monoisotopic (exact) mass is 296 g/mol. The van der Waals surface area contributed by atoms with E-state index in [9.17, 15) is 0 Å². The minimum absolute atomic E-state index is 0.0581. The highest BCUT2D eigenvalue weighted by Gasteiger charge is 2.23. The van der Waals surface area contributed by atoms with E-state index in [1.165, 1.54) is 0 Å². The maximum absolute atomic E-state index is 8.53. The third kappa shape index (κ3) is 14.2. The smallest absolute Gasteiger partial charge is 0.331 e. The Morgan fingerprint density at radius 1 is 0.684 bits per heavy atom. The summed E-state index contributed by atoms with van der Waals surface area (Å²) in [6.45, 7) is 7.32. The van der Waals surface area contributed by atoms with Gasteiger partial charge in [0.2, 0.25) is 0 Å². The van der Waals surface area contributed by atoms with E-state index in [1.54, 1.807) is 0 Å². The fourth-order valence-electron chi connectivity index (χ4n) is 1.33. The molecule has 7 heteroatoms. The zero-order valence-corrected chi connectivity index (χ0v) is 13.1. The first-order chi connectivity index (χ1) is 9.12. The van der Waals surface area contributed by atoms with Gasteiger partial charge in [0.25, 0.3) is 0 Å². The van der Waals surface area contributed by atoms with Crippen LogP contribution in [0.25, 0.3) is 0 Å². The zero-order valence-electron chi connectivity index (χ0n) is 12.1. The van der Waals surface area contributed by atoms with Gasteiger partial charge in [0.1, 0.15) is 0 Å². The van der Waals surface area contributed by atoms with E-state index < -0.39 is 8.56 Å². The molecule has 0 aliphatic carbocycles. The van der Waals surface area contributed by atoms with Gasteiger partial charge >= 0.3 is 8.56 Å². The van der Waals surface area contributed by atoms with Crippen LogP contribution in [-0.4, -0.2) is 71.6 Å². The number of rotatable bonds is 14. The molecule has 0 rings (SSSR count). The second kappa shape index (κ2) is 13.0. The Balaban J connectivity index is 3.36. The van der Waals surface area contributed by atoms with E-state index in [1.807, 2.05) is 13.1 Å². The van der Waals surface area contributed by atoms with Crippen LogP contribution < -0.4 is 0 Å². The minimum atomic E-state index is -2.05. The van der Waals surface area contributed by atoms with Crippen LogP contribution in [0.5, 0.6) is 0 Å². The Labute approximate surface area is 116 Å². The Morgan fingerprint density at radius 3 is 1.47 bits per heavy atom. The van der Waals surface area contributed by atoms with Crippen molar-refractivity contribution in [2.45, 2.75) is 25.9 Å². The summed E-state index contributed by atoms with van der Waals surface area (Å²) in [7, 11) is -2.05. The molecule has 0 saturated carbocycles. The van der Waals surface area contributed by atoms with Crippen molar-refractivity contribution in [2.75, 3.05) is 52.9 Å². The van der Waals surface area contributed by atoms with Gasteiger partial charge in [-0.15, -0.1) is 0 Å². The molecule has 0 saturated heterocycles. The van der Waals surface area contributed by atoms with Gasteiger partial charge in [0.15, 0.2) is 0 Å². The van der Waals surface area contributed by atoms with E-state index in [0.29, 0.717) is 39.6 Å². The Kier molecular flexibility index (Phi) is 13.0. The van der Waals surface area contributed by atoms with E-state index in [0.717, 1.165) is 12.8 Å². The molecular weight excluding hydrogens is 268 g/mol. The molecule has 0 amide bonds. The van der Waals surface area contributed by atoms with E-state index in [2.05, 4.69) is 0 Å². The molecule has 6 nitrogen and oxygen atoms in total. The molecular formula is C12H28O6Si. The molecule has 19 heavy (non-hydrogen) atoms. The lowest BCUT2D eigenvalue weighted by Gasteiger charge is -2.22. The first-order valence-corrected chi connectivity index (χ1v) is 9.59. The Bertz CT molecular complexity index is 173. The predicted octanol–water partition coefficient (Wildman–Crippen LogP) is 0.519. The quantitative estimate of drug-likeness (QED) is 0.359. The van der Waals surface area contributed by atoms with Gasteiger partial charge in [-0.3, -0.25) is 0 Å². The lowest BCUT2D eigenvalue weighted by Crippen LogP contribution is -2.36. The Hall–Kier alpha value is -0.0231. The lowest BCUT2D eigenvalue weighted by atomic mass is 10.5. The topological polar surface area (TPSA) is 77.4 Å². The molecule has 0 aromatic rings. The molecule has 0 fully saturated rings. The fourth-order valence-corrected chi connectivity index (χ4v) is 2.69. The van der Waals surface area contributed by atoms with Crippen molar-refractivity contribution in [3.63, 3.8) is 0 Å². The summed E-state index contributed by atoms with van der Waals surface area (Å²) in [5.74, 6) is 0. The van der Waals surface area contributed by atoms with Crippen LogP contribution in [0.15, 0.2) is 0 Å². The van der Waals surface area contributed by atoms with Gasteiger partial charge in [-0.05, 0) is 25.9 Å². The highest BCUT2D eigenvalue weighted by atomic mass is 28.4. The normalized spacial score (nSPS) is 12.0. The minimum Gasteiger partial charge on any atom is -0.394 e. The number of aliphatic hydroxyl groups excluding tert-OH is 2. The standard InChI is InChI=1S/C12H28O6Si/c1-19(2,17-9-3-7-15-11-5-13)18-10-4-8-16-12-6-14/h13-14H,3-12H2,1-2H3. The summed E-state index contributed by atoms with van der Waals surface area (Å²) < 4.78 is 21.7. The largest absolute Gasteiger partial charge is 0.394 e. The molecule has 0 spiro atoms. The van der Waals surface area contributed by atoms with Gasteiger partial charge in [-0.2, -0.15) is 0 Å².